The van der Waals surface area contributed by atoms with Crippen LogP contribution >= 0.6 is 0 Å². The number of halogens is 1. The Bertz CT molecular complexity index is 1350. The second-order valence-electron chi connectivity index (χ2n) is 8.26. The van der Waals surface area contributed by atoms with Crippen molar-refractivity contribution in [1.29, 1.82) is 0 Å². The average Bonchev–Trinajstić information content (AvgIpc) is 3.33. The second kappa shape index (κ2) is 6.95. The Balaban J connectivity index is 1.60. The summed E-state index contributed by atoms with van der Waals surface area (Å²) >= 11 is 0. The van der Waals surface area contributed by atoms with E-state index in [1.807, 2.05) is 48.5 Å². The van der Waals surface area contributed by atoms with Gasteiger partial charge in [-0.25, -0.2) is 4.39 Å². The van der Waals surface area contributed by atoms with Crippen LogP contribution in [0.25, 0.3) is 10.8 Å². The maximum Gasteiger partial charge on any atom is 0.162 e. The summed E-state index contributed by atoms with van der Waals surface area (Å²) in [5.74, 6) is 0.108. The highest BCUT2D eigenvalue weighted by Gasteiger charge is 2.40. The Labute approximate surface area is 179 Å². The Morgan fingerprint density at radius 1 is 0.903 bits per heavy atom. The molecule has 1 aromatic heterocycles. The van der Waals surface area contributed by atoms with E-state index in [0.29, 0.717) is 24.0 Å². The second-order valence-corrected chi connectivity index (χ2v) is 8.26. The van der Waals surface area contributed by atoms with Crippen LogP contribution in [0.5, 0.6) is 0 Å². The summed E-state index contributed by atoms with van der Waals surface area (Å²) in [6.45, 7) is 0. The molecule has 4 heteroatoms. The highest BCUT2D eigenvalue weighted by atomic mass is 19.1. The maximum atomic E-state index is 15.1. The molecule has 3 aromatic carbocycles. The monoisotopic (exact) mass is 409 g/mol. The van der Waals surface area contributed by atoms with Gasteiger partial charge in [0.2, 0.25) is 0 Å². The van der Waals surface area contributed by atoms with Crippen molar-refractivity contribution in [3.63, 3.8) is 0 Å². The molecule has 3 nitrogen and oxygen atoms in total. The molecule has 0 spiro atoms. The van der Waals surface area contributed by atoms with Crippen LogP contribution in [0, 0.1) is 5.82 Å². The topological polar surface area (TPSA) is 42.2 Å². The molecule has 1 aliphatic heterocycles. The van der Waals surface area contributed by atoms with Crippen LogP contribution in [0.1, 0.15) is 41.6 Å². The summed E-state index contributed by atoms with van der Waals surface area (Å²) in [5, 5.41) is 5.64. The number of fused-ring (bicyclic) bond motifs is 3. The van der Waals surface area contributed by atoms with Gasteiger partial charge in [0.15, 0.2) is 5.78 Å². The molecule has 1 aliphatic carbocycles. The van der Waals surface area contributed by atoms with Crippen molar-refractivity contribution in [1.82, 2.24) is 0 Å². The van der Waals surface area contributed by atoms with E-state index in [-0.39, 0.29) is 17.5 Å². The molecule has 2 aliphatic rings. The maximum absolute atomic E-state index is 15.1. The average molecular weight is 409 g/mol. The molecule has 0 amide bonds. The van der Waals surface area contributed by atoms with Gasteiger partial charge in [-0.2, -0.15) is 0 Å². The van der Waals surface area contributed by atoms with Gasteiger partial charge >= 0.3 is 0 Å². The van der Waals surface area contributed by atoms with Crippen LogP contribution in [-0.4, -0.2) is 5.78 Å². The minimum atomic E-state index is -0.441. The molecule has 1 N–H and O–H groups in total. The number of hydrogen-bond acceptors (Lipinski definition) is 3. The van der Waals surface area contributed by atoms with Crippen LogP contribution in [0.2, 0.25) is 0 Å². The number of hydrogen-bond donors (Lipinski definition) is 1. The molecule has 152 valence electrons. The summed E-state index contributed by atoms with van der Waals surface area (Å²) < 4.78 is 20.7. The van der Waals surface area contributed by atoms with Gasteiger partial charge in [0.1, 0.15) is 11.6 Å². The fourth-order valence-corrected chi connectivity index (χ4v) is 5.15. The van der Waals surface area contributed by atoms with Crippen molar-refractivity contribution >= 4 is 22.2 Å². The summed E-state index contributed by atoms with van der Waals surface area (Å²) in [6, 6.07) is 22.8. The molecule has 6 rings (SSSR count). The smallest absolute Gasteiger partial charge is 0.162 e. The number of furan rings is 1. The number of benzene rings is 3. The minimum Gasteiger partial charge on any atom is -0.469 e. The SMILES string of the molecule is O=C1C[C@@H](c2ccco2)CC2=C1[C@H](c1ccccc1F)c1c(ccc3ccccc13)N2. The molecule has 2 atom stereocenters. The molecule has 0 bridgehead atoms. The van der Waals surface area contributed by atoms with Crippen molar-refractivity contribution in [2.75, 3.05) is 5.32 Å². The number of nitrogens with one attached hydrogen (secondary N) is 1. The number of Topliss-reactive ketones (excluding diaryl/α,β-unsaturated/α-hetero) is 1. The molecule has 0 saturated heterocycles. The Morgan fingerprint density at radius 3 is 2.58 bits per heavy atom. The minimum absolute atomic E-state index is 0.0166. The van der Waals surface area contributed by atoms with Crippen LogP contribution < -0.4 is 5.32 Å². The summed E-state index contributed by atoms with van der Waals surface area (Å²) in [4.78, 5) is 13.5. The summed E-state index contributed by atoms with van der Waals surface area (Å²) in [7, 11) is 0. The van der Waals surface area contributed by atoms with Gasteiger partial charge < -0.3 is 9.73 Å². The number of carbonyl (C=O) groups is 1. The standard InChI is InChI=1S/C27H20FNO2/c28-20-9-4-3-8-19(20)26-25-18-7-2-1-6-16(18)11-12-21(25)29-22-14-17(15-23(30)27(22)26)24-10-5-13-31-24/h1-13,17,26,29H,14-15H2/t17-,26+/m0/s1. The molecule has 4 aromatic rings. The van der Waals surface area contributed by atoms with Crippen LogP contribution in [-0.2, 0) is 4.79 Å². The molecular weight excluding hydrogens is 389 g/mol. The highest BCUT2D eigenvalue weighted by Crippen LogP contribution is 2.50. The molecule has 0 fully saturated rings. The van der Waals surface area contributed by atoms with Gasteiger partial charge in [-0.3, -0.25) is 4.79 Å². The van der Waals surface area contributed by atoms with Crippen LogP contribution in [0.3, 0.4) is 0 Å². The van der Waals surface area contributed by atoms with Gasteiger partial charge in [0.25, 0.3) is 0 Å². The van der Waals surface area contributed by atoms with Crippen molar-refractivity contribution in [3.05, 3.63) is 113 Å². The van der Waals surface area contributed by atoms with Crippen molar-refractivity contribution in [2.45, 2.75) is 24.7 Å². The fourth-order valence-electron chi connectivity index (χ4n) is 5.15. The molecule has 0 unspecified atom stereocenters. The lowest BCUT2D eigenvalue weighted by Crippen LogP contribution is -2.30. The van der Waals surface area contributed by atoms with Gasteiger partial charge in [-0.1, -0.05) is 48.5 Å². The van der Waals surface area contributed by atoms with Crippen LogP contribution in [0.4, 0.5) is 10.1 Å². The van der Waals surface area contributed by atoms with E-state index < -0.39 is 5.92 Å². The van der Waals surface area contributed by atoms with E-state index in [0.717, 1.165) is 33.5 Å². The number of anilines is 1. The Kier molecular flexibility index (Phi) is 4.06. The van der Waals surface area contributed by atoms with E-state index >= 15 is 4.39 Å². The lowest BCUT2D eigenvalue weighted by Gasteiger charge is -2.37. The van der Waals surface area contributed by atoms with Crippen molar-refractivity contribution in [3.8, 4) is 0 Å². The summed E-state index contributed by atoms with van der Waals surface area (Å²) in [6.07, 6.45) is 2.66. The Morgan fingerprint density at radius 2 is 1.74 bits per heavy atom. The predicted molar refractivity (Wildman–Crippen MR) is 119 cm³/mol. The van der Waals surface area contributed by atoms with E-state index in [2.05, 4.69) is 11.4 Å². The lowest BCUT2D eigenvalue weighted by atomic mass is 9.71. The number of allylic oxidation sites excluding steroid dienone is 2. The third-order valence-electron chi connectivity index (χ3n) is 6.50. The largest absolute Gasteiger partial charge is 0.469 e. The lowest BCUT2D eigenvalue weighted by molar-refractivity contribution is -0.116. The van der Waals surface area contributed by atoms with E-state index in [9.17, 15) is 4.79 Å². The number of ketones is 1. The Hall–Kier alpha value is -3.66. The summed E-state index contributed by atoms with van der Waals surface area (Å²) in [5.41, 5.74) is 3.98. The molecule has 31 heavy (non-hydrogen) atoms. The van der Waals surface area contributed by atoms with Gasteiger partial charge in [-0.15, -0.1) is 0 Å². The van der Waals surface area contributed by atoms with Crippen LogP contribution in [0.15, 0.2) is 94.7 Å². The van der Waals surface area contributed by atoms with Gasteiger partial charge in [0, 0.05) is 40.8 Å². The highest BCUT2D eigenvalue weighted by molar-refractivity contribution is 6.04. The number of rotatable bonds is 2. The van der Waals surface area contributed by atoms with Gasteiger partial charge in [0.05, 0.1) is 6.26 Å². The molecule has 2 heterocycles. The molecular formula is C27H20FNO2. The zero-order valence-electron chi connectivity index (χ0n) is 16.8. The van der Waals surface area contributed by atoms with Gasteiger partial charge in [-0.05, 0) is 47.0 Å². The fraction of sp³-hybridized carbons (Fsp3) is 0.148. The van der Waals surface area contributed by atoms with Crippen molar-refractivity contribution < 1.29 is 13.6 Å². The molecule has 0 saturated carbocycles. The molecule has 0 radical (unpaired) electrons. The zero-order valence-corrected chi connectivity index (χ0v) is 16.8. The first-order valence-corrected chi connectivity index (χ1v) is 10.5. The first-order chi connectivity index (χ1) is 15.2. The quantitative estimate of drug-likeness (QED) is 0.409. The first-order valence-electron chi connectivity index (χ1n) is 10.5. The third kappa shape index (κ3) is 2.82. The zero-order chi connectivity index (χ0) is 20.9. The van der Waals surface area contributed by atoms with E-state index in [1.54, 1.807) is 18.4 Å². The third-order valence-corrected chi connectivity index (χ3v) is 6.50. The predicted octanol–water partition coefficient (Wildman–Crippen LogP) is 6.53. The van der Waals surface area contributed by atoms with E-state index in [1.165, 1.54) is 6.07 Å². The normalized spacial score (nSPS) is 20.4. The number of carbonyl (C=O) groups excluding carboxylic acids is 1. The van der Waals surface area contributed by atoms with Crippen molar-refractivity contribution in [2.24, 2.45) is 0 Å². The van der Waals surface area contributed by atoms with E-state index in [4.69, 9.17) is 4.42 Å². The first kappa shape index (κ1) is 18.1.